The molecule has 1 saturated heterocycles. The van der Waals surface area contributed by atoms with Gasteiger partial charge in [0.25, 0.3) is 0 Å². The summed E-state index contributed by atoms with van der Waals surface area (Å²) < 4.78 is 1.92. The first kappa shape index (κ1) is 13.4. The highest BCUT2D eigenvalue weighted by Gasteiger charge is 2.31. The standard InChI is InChI=1S/C12H18N4O3/c1-15-5-4-13-10(15)2-3-14-12(19)16-7-9(8-16)6-11(17)18/h4-5,9H,2-3,6-8H2,1H3,(H,14,19)(H,17,18). The maximum atomic E-state index is 11.7. The minimum absolute atomic E-state index is 0.0952. The number of nitrogens with one attached hydrogen (secondary N) is 1. The van der Waals surface area contributed by atoms with Crippen LogP contribution >= 0.6 is 0 Å². The van der Waals surface area contributed by atoms with Crippen molar-refractivity contribution in [1.82, 2.24) is 19.8 Å². The van der Waals surface area contributed by atoms with Gasteiger partial charge >= 0.3 is 12.0 Å². The number of urea groups is 1. The average Bonchev–Trinajstić information content (AvgIpc) is 2.68. The Morgan fingerprint density at radius 1 is 1.53 bits per heavy atom. The fourth-order valence-corrected chi connectivity index (χ4v) is 2.14. The van der Waals surface area contributed by atoms with Crippen molar-refractivity contribution in [3.63, 3.8) is 0 Å². The summed E-state index contributed by atoms with van der Waals surface area (Å²) >= 11 is 0. The van der Waals surface area contributed by atoms with Crippen molar-refractivity contribution in [3.8, 4) is 0 Å². The Kier molecular flexibility index (Phi) is 4.03. The molecule has 2 N–H and O–H groups in total. The third-order valence-electron chi connectivity index (χ3n) is 3.25. The lowest BCUT2D eigenvalue weighted by Gasteiger charge is -2.38. The molecule has 0 bridgehead atoms. The molecule has 2 heterocycles. The Balaban J connectivity index is 1.64. The zero-order valence-electron chi connectivity index (χ0n) is 10.9. The van der Waals surface area contributed by atoms with Crippen LogP contribution in [0, 0.1) is 5.92 Å². The highest BCUT2D eigenvalue weighted by molar-refractivity contribution is 5.75. The van der Waals surface area contributed by atoms with Crippen molar-refractivity contribution >= 4 is 12.0 Å². The predicted octanol–water partition coefficient (Wildman–Crippen LogP) is 0.0787. The Labute approximate surface area is 111 Å². The van der Waals surface area contributed by atoms with E-state index in [1.807, 2.05) is 17.8 Å². The summed E-state index contributed by atoms with van der Waals surface area (Å²) in [6.07, 6.45) is 4.41. The Morgan fingerprint density at radius 2 is 2.26 bits per heavy atom. The lowest BCUT2D eigenvalue weighted by molar-refractivity contribution is -0.139. The molecule has 104 valence electrons. The van der Waals surface area contributed by atoms with Crippen LogP contribution in [0.3, 0.4) is 0 Å². The van der Waals surface area contributed by atoms with Crippen molar-refractivity contribution in [3.05, 3.63) is 18.2 Å². The van der Waals surface area contributed by atoms with Crippen molar-refractivity contribution in [1.29, 1.82) is 0 Å². The van der Waals surface area contributed by atoms with Crippen molar-refractivity contribution in [2.45, 2.75) is 12.8 Å². The number of likely N-dealkylation sites (tertiary alicyclic amines) is 1. The number of aryl methyl sites for hydroxylation is 1. The van der Waals surface area contributed by atoms with Gasteiger partial charge in [0, 0.05) is 51.4 Å². The molecule has 2 rings (SSSR count). The van der Waals surface area contributed by atoms with Gasteiger partial charge in [-0.05, 0) is 0 Å². The van der Waals surface area contributed by atoms with Gasteiger partial charge in [0.1, 0.15) is 5.82 Å². The first-order valence-corrected chi connectivity index (χ1v) is 6.27. The molecular weight excluding hydrogens is 248 g/mol. The van der Waals surface area contributed by atoms with E-state index in [0.29, 0.717) is 26.1 Å². The molecule has 0 radical (unpaired) electrons. The van der Waals surface area contributed by atoms with Gasteiger partial charge in [-0.15, -0.1) is 0 Å². The summed E-state index contributed by atoms with van der Waals surface area (Å²) in [5.74, 6) is 0.213. The van der Waals surface area contributed by atoms with Crippen molar-refractivity contribution in [2.24, 2.45) is 13.0 Å². The van der Waals surface area contributed by atoms with Gasteiger partial charge in [-0.25, -0.2) is 9.78 Å². The van der Waals surface area contributed by atoms with E-state index >= 15 is 0 Å². The fourth-order valence-electron chi connectivity index (χ4n) is 2.14. The van der Waals surface area contributed by atoms with Crippen LogP contribution in [0.4, 0.5) is 4.79 Å². The van der Waals surface area contributed by atoms with E-state index < -0.39 is 5.97 Å². The average molecular weight is 266 g/mol. The number of amides is 2. The van der Waals surface area contributed by atoms with Gasteiger partial charge in [0.05, 0.1) is 6.42 Å². The molecule has 7 heteroatoms. The van der Waals surface area contributed by atoms with Gasteiger partial charge in [0.2, 0.25) is 0 Å². The molecular formula is C12H18N4O3. The maximum Gasteiger partial charge on any atom is 0.317 e. The summed E-state index contributed by atoms with van der Waals surface area (Å²) in [6.45, 7) is 1.59. The molecule has 19 heavy (non-hydrogen) atoms. The second-order valence-electron chi connectivity index (χ2n) is 4.81. The number of aliphatic carboxylic acids is 1. The SMILES string of the molecule is Cn1ccnc1CCNC(=O)N1CC(CC(=O)O)C1. The molecule has 1 aliphatic rings. The lowest BCUT2D eigenvalue weighted by Crippen LogP contribution is -2.54. The number of carboxylic acids is 1. The van der Waals surface area contributed by atoms with Crippen molar-refractivity contribution in [2.75, 3.05) is 19.6 Å². The smallest absolute Gasteiger partial charge is 0.317 e. The zero-order chi connectivity index (χ0) is 13.8. The van der Waals surface area contributed by atoms with E-state index in [9.17, 15) is 9.59 Å². The predicted molar refractivity (Wildman–Crippen MR) is 67.6 cm³/mol. The molecule has 0 atom stereocenters. The number of hydrogen-bond acceptors (Lipinski definition) is 3. The summed E-state index contributed by atoms with van der Waals surface area (Å²) in [5.41, 5.74) is 0. The van der Waals surface area contributed by atoms with Crippen LogP contribution in [0.5, 0.6) is 0 Å². The first-order chi connectivity index (χ1) is 9.06. The number of imidazole rings is 1. The van der Waals surface area contributed by atoms with Crippen LogP contribution in [-0.2, 0) is 18.3 Å². The van der Waals surface area contributed by atoms with Crippen LogP contribution in [0.2, 0.25) is 0 Å². The van der Waals surface area contributed by atoms with Gasteiger partial charge in [-0.2, -0.15) is 0 Å². The van der Waals surface area contributed by atoms with Gasteiger partial charge in [0.15, 0.2) is 0 Å². The number of rotatable bonds is 5. The second kappa shape index (κ2) is 5.73. The largest absolute Gasteiger partial charge is 0.481 e. The Bertz CT molecular complexity index is 465. The number of carboxylic acid groups (broad SMARTS) is 1. The highest BCUT2D eigenvalue weighted by Crippen LogP contribution is 2.18. The van der Waals surface area contributed by atoms with Crippen LogP contribution in [0.25, 0.3) is 0 Å². The van der Waals surface area contributed by atoms with Crippen LogP contribution < -0.4 is 5.32 Å². The molecule has 0 saturated carbocycles. The van der Waals surface area contributed by atoms with E-state index in [2.05, 4.69) is 10.3 Å². The summed E-state index contributed by atoms with van der Waals surface area (Å²) in [5, 5.41) is 11.4. The molecule has 2 amide bonds. The van der Waals surface area contributed by atoms with E-state index in [1.165, 1.54) is 0 Å². The number of hydrogen-bond donors (Lipinski definition) is 2. The quantitative estimate of drug-likeness (QED) is 0.790. The topological polar surface area (TPSA) is 87.5 Å². The van der Waals surface area contributed by atoms with Gasteiger partial charge in [-0.3, -0.25) is 4.79 Å². The summed E-state index contributed by atoms with van der Waals surface area (Å²) in [6, 6.07) is -0.129. The third-order valence-corrected chi connectivity index (χ3v) is 3.25. The molecule has 1 aromatic heterocycles. The summed E-state index contributed by atoms with van der Waals surface area (Å²) in [4.78, 5) is 28.0. The van der Waals surface area contributed by atoms with Crippen molar-refractivity contribution < 1.29 is 14.7 Å². The minimum atomic E-state index is -0.806. The molecule has 1 fully saturated rings. The van der Waals surface area contributed by atoms with E-state index in [-0.39, 0.29) is 18.4 Å². The van der Waals surface area contributed by atoms with Crippen LogP contribution in [0.15, 0.2) is 12.4 Å². The normalized spacial score (nSPS) is 15.1. The minimum Gasteiger partial charge on any atom is -0.481 e. The molecule has 1 aliphatic heterocycles. The second-order valence-corrected chi connectivity index (χ2v) is 4.81. The van der Waals surface area contributed by atoms with E-state index in [1.54, 1.807) is 11.1 Å². The first-order valence-electron chi connectivity index (χ1n) is 6.27. The molecule has 0 aromatic carbocycles. The monoisotopic (exact) mass is 266 g/mol. The van der Waals surface area contributed by atoms with Gasteiger partial charge < -0.3 is 19.9 Å². The fraction of sp³-hybridized carbons (Fsp3) is 0.583. The Hall–Kier alpha value is -2.05. The number of carbonyl (C=O) groups is 2. The molecule has 0 unspecified atom stereocenters. The molecule has 7 nitrogen and oxygen atoms in total. The zero-order valence-corrected chi connectivity index (χ0v) is 10.9. The summed E-state index contributed by atoms with van der Waals surface area (Å²) in [7, 11) is 1.91. The van der Waals surface area contributed by atoms with Crippen LogP contribution in [-0.4, -0.2) is 51.2 Å². The molecule has 0 spiro atoms. The van der Waals surface area contributed by atoms with Gasteiger partial charge in [-0.1, -0.05) is 0 Å². The van der Waals surface area contributed by atoms with E-state index in [0.717, 1.165) is 5.82 Å². The molecule has 0 aliphatic carbocycles. The number of nitrogens with zero attached hydrogens (tertiary/aromatic N) is 3. The lowest BCUT2D eigenvalue weighted by atomic mass is 9.97. The number of carbonyl (C=O) groups excluding carboxylic acids is 1. The van der Waals surface area contributed by atoms with Crippen LogP contribution in [0.1, 0.15) is 12.2 Å². The maximum absolute atomic E-state index is 11.7. The highest BCUT2D eigenvalue weighted by atomic mass is 16.4. The molecule has 1 aromatic rings. The third kappa shape index (κ3) is 3.46. The Morgan fingerprint density at radius 3 is 2.84 bits per heavy atom. The number of aromatic nitrogens is 2. The van der Waals surface area contributed by atoms with E-state index in [4.69, 9.17) is 5.11 Å².